The summed E-state index contributed by atoms with van der Waals surface area (Å²) in [5.74, 6) is -0.375. The summed E-state index contributed by atoms with van der Waals surface area (Å²) in [6.07, 6.45) is 2.31. The van der Waals surface area contributed by atoms with Crippen LogP contribution in [0.4, 0.5) is 10.5 Å². The van der Waals surface area contributed by atoms with Crippen LogP contribution >= 0.6 is 45.2 Å². The molecule has 0 unspecified atom stereocenters. The quantitative estimate of drug-likeness (QED) is 0.182. The molecule has 2 N–H and O–H groups in total. The van der Waals surface area contributed by atoms with Crippen molar-refractivity contribution in [2.45, 2.75) is 20.0 Å². The molecule has 0 radical (unpaired) electrons. The first kappa shape index (κ1) is 27.6. The van der Waals surface area contributed by atoms with Crippen molar-refractivity contribution in [2.75, 3.05) is 11.9 Å². The number of halogens is 2. The molecular weight excluding hydrogens is 710 g/mol. The van der Waals surface area contributed by atoms with Crippen molar-refractivity contribution in [2.24, 2.45) is 0 Å². The molecule has 1 aliphatic heterocycles. The lowest BCUT2D eigenvalue weighted by molar-refractivity contribution is -0.127. The van der Waals surface area contributed by atoms with Crippen molar-refractivity contribution >= 4 is 74.8 Å². The monoisotopic (exact) mass is 732 g/mol. The third kappa shape index (κ3) is 6.33. The summed E-state index contributed by atoms with van der Waals surface area (Å²) in [5.41, 5.74) is 3.74. The molecule has 0 atom stereocenters. The molecule has 1 heterocycles. The molecule has 3 aromatic rings. The van der Waals surface area contributed by atoms with Gasteiger partial charge >= 0.3 is 6.03 Å². The third-order valence-corrected chi connectivity index (χ3v) is 7.38. The van der Waals surface area contributed by atoms with Crippen LogP contribution in [0.15, 0.2) is 66.4 Å². The molecule has 10 heteroatoms. The Balaban J connectivity index is 1.45. The van der Waals surface area contributed by atoms with E-state index in [1.165, 1.54) is 0 Å². The Morgan fingerprint density at radius 2 is 1.74 bits per heavy atom. The average molecular weight is 732 g/mol. The van der Waals surface area contributed by atoms with E-state index in [1.54, 1.807) is 24.3 Å². The zero-order chi connectivity index (χ0) is 27.2. The maximum atomic E-state index is 12.9. The van der Waals surface area contributed by atoms with Crippen molar-refractivity contribution in [3.05, 3.63) is 95.8 Å². The standard InChI is InChI=1S/C28H22I2N4O4/c1-2-18-7-5-6-10-23(18)32-25(35)15-34-27(36)24(33-28(34)37)13-17-11-21(29)26(22(30)12-17)38-16-20-9-4-3-8-19(20)14-31/h3-13H,2,15-16H2,1H3,(H,32,35)(H,33,37)/b24-13+. The maximum absolute atomic E-state index is 12.9. The average Bonchev–Trinajstić information content (AvgIpc) is 3.15. The van der Waals surface area contributed by atoms with Crippen LogP contribution in [0.3, 0.4) is 0 Å². The van der Waals surface area contributed by atoms with Gasteiger partial charge in [0, 0.05) is 11.3 Å². The molecule has 1 fully saturated rings. The van der Waals surface area contributed by atoms with E-state index in [0.717, 1.165) is 29.6 Å². The summed E-state index contributed by atoms with van der Waals surface area (Å²) in [6.45, 7) is 1.82. The Morgan fingerprint density at radius 1 is 1.08 bits per heavy atom. The van der Waals surface area contributed by atoms with E-state index in [0.29, 0.717) is 22.6 Å². The number of hydrogen-bond acceptors (Lipinski definition) is 5. The number of urea groups is 1. The van der Waals surface area contributed by atoms with Crippen LogP contribution in [0.5, 0.6) is 5.75 Å². The predicted octanol–water partition coefficient (Wildman–Crippen LogP) is 5.44. The topological polar surface area (TPSA) is 112 Å². The van der Waals surface area contributed by atoms with E-state index in [4.69, 9.17) is 4.74 Å². The fourth-order valence-corrected chi connectivity index (χ4v) is 6.00. The highest BCUT2D eigenvalue weighted by atomic mass is 127. The van der Waals surface area contributed by atoms with Crippen LogP contribution in [-0.4, -0.2) is 29.3 Å². The second-order valence-electron chi connectivity index (χ2n) is 8.31. The van der Waals surface area contributed by atoms with Gasteiger partial charge in [-0.2, -0.15) is 5.26 Å². The van der Waals surface area contributed by atoms with E-state index in [1.807, 2.05) is 49.4 Å². The van der Waals surface area contributed by atoms with Gasteiger partial charge in [-0.25, -0.2) is 9.69 Å². The van der Waals surface area contributed by atoms with Crippen LogP contribution in [0.2, 0.25) is 0 Å². The van der Waals surface area contributed by atoms with Crippen molar-refractivity contribution in [1.29, 1.82) is 5.26 Å². The number of benzene rings is 3. The Kier molecular flexibility index (Phi) is 9.01. The van der Waals surface area contributed by atoms with Crippen LogP contribution in [0.1, 0.15) is 29.2 Å². The van der Waals surface area contributed by atoms with Crippen molar-refractivity contribution in [3.63, 3.8) is 0 Å². The van der Waals surface area contributed by atoms with Gasteiger partial charge in [0.25, 0.3) is 5.91 Å². The van der Waals surface area contributed by atoms with Gasteiger partial charge in [-0.15, -0.1) is 0 Å². The highest BCUT2D eigenvalue weighted by Gasteiger charge is 2.35. The molecule has 0 aliphatic carbocycles. The lowest BCUT2D eigenvalue weighted by atomic mass is 10.1. The minimum Gasteiger partial charge on any atom is -0.487 e. The van der Waals surface area contributed by atoms with Crippen LogP contribution in [0.25, 0.3) is 6.08 Å². The van der Waals surface area contributed by atoms with E-state index >= 15 is 0 Å². The number of ether oxygens (including phenoxy) is 1. The second kappa shape index (κ2) is 12.4. The molecule has 0 bridgehead atoms. The number of imide groups is 1. The highest BCUT2D eigenvalue weighted by molar-refractivity contribution is 14.1. The fourth-order valence-electron chi connectivity index (χ4n) is 3.87. The van der Waals surface area contributed by atoms with Gasteiger partial charge in [0.15, 0.2) is 0 Å². The number of hydrogen-bond donors (Lipinski definition) is 2. The highest BCUT2D eigenvalue weighted by Crippen LogP contribution is 2.31. The zero-order valence-electron chi connectivity index (χ0n) is 20.3. The minimum absolute atomic E-state index is 0.0833. The number of anilines is 1. The minimum atomic E-state index is -0.652. The first-order valence-corrected chi connectivity index (χ1v) is 13.8. The SMILES string of the molecule is CCc1ccccc1NC(=O)CN1C(=O)N/C(=C/c2cc(I)c(OCc3ccccc3C#N)c(I)c2)C1=O. The Labute approximate surface area is 247 Å². The Bertz CT molecular complexity index is 1470. The molecule has 8 nitrogen and oxygen atoms in total. The van der Waals surface area contributed by atoms with Gasteiger partial charge in [-0.05, 0) is 93.1 Å². The van der Waals surface area contributed by atoms with Crippen LogP contribution < -0.4 is 15.4 Å². The molecule has 0 aromatic heterocycles. The molecule has 192 valence electrons. The van der Waals surface area contributed by atoms with Crippen molar-refractivity contribution < 1.29 is 19.1 Å². The third-order valence-electron chi connectivity index (χ3n) is 5.78. The Morgan fingerprint density at radius 3 is 2.42 bits per heavy atom. The van der Waals surface area contributed by atoms with Crippen molar-refractivity contribution in [1.82, 2.24) is 10.2 Å². The molecule has 4 rings (SSSR count). The van der Waals surface area contributed by atoms with Gasteiger partial charge in [0.1, 0.15) is 24.6 Å². The summed E-state index contributed by atoms with van der Waals surface area (Å²) in [7, 11) is 0. The smallest absolute Gasteiger partial charge is 0.329 e. The molecule has 1 aliphatic rings. The molecule has 38 heavy (non-hydrogen) atoms. The largest absolute Gasteiger partial charge is 0.487 e. The molecule has 4 amide bonds. The number of amides is 4. The zero-order valence-corrected chi connectivity index (χ0v) is 24.6. The lowest BCUT2D eigenvalue weighted by Gasteiger charge is -2.14. The number of rotatable bonds is 8. The maximum Gasteiger partial charge on any atom is 0.329 e. The molecule has 1 saturated heterocycles. The number of carbonyl (C=O) groups excluding carboxylic acids is 3. The number of nitrogens with one attached hydrogen (secondary N) is 2. The summed E-state index contributed by atoms with van der Waals surface area (Å²) in [5, 5.41) is 14.6. The summed E-state index contributed by atoms with van der Waals surface area (Å²) in [4.78, 5) is 38.9. The van der Waals surface area contributed by atoms with Gasteiger partial charge in [0.2, 0.25) is 5.91 Å². The van der Waals surface area contributed by atoms with Crippen molar-refractivity contribution in [3.8, 4) is 11.8 Å². The number of nitrogens with zero attached hydrogens (tertiary/aromatic N) is 2. The number of nitriles is 1. The van der Waals surface area contributed by atoms with Gasteiger partial charge in [0.05, 0.1) is 18.8 Å². The molecule has 0 saturated carbocycles. The summed E-state index contributed by atoms with van der Waals surface area (Å²) in [6, 6.07) is 19.8. The van der Waals surface area contributed by atoms with E-state index in [9.17, 15) is 19.6 Å². The normalized spacial score (nSPS) is 13.8. The first-order chi connectivity index (χ1) is 18.3. The van der Waals surface area contributed by atoms with Gasteiger partial charge < -0.3 is 15.4 Å². The second-order valence-corrected chi connectivity index (χ2v) is 10.6. The number of aryl methyl sites for hydroxylation is 1. The molecule has 3 aromatic carbocycles. The van der Waals surface area contributed by atoms with E-state index < -0.39 is 24.4 Å². The summed E-state index contributed by atoms with van der Waals surface area (Å²) >= 11 is 4.29. The first-order valence-electron chi connectivity index (χ1n) is 11.6. The lowest BCUT2D eigenvalue weighted by Crippen LogP contribution is -2.38. The van der Waals surface area contributed by atoms with Gasteiger partial charge in [-0.1, -0.05) is 43.3 Å². The van der Waals surface area contributed by atoms with Crippen LogP contribution in [-0.2, 0) is 22.6 Å². The van der Waals surface area contributed by atoms with E-state index in [2.05, 4.69) is 61.9 Å². The molecular formula is C28H22I2N4O4. The predicted molar refractivity (Wildman–Crippen MR) is 160 cm³/mol. The molecule has 0 spiro atoms. The summed E-state index contributed by atoms with van der Waals surface area (Å²) < 4.78 is 7.62. The van der Waals surface area contributed by atoms with Gasteiger partial charge in [-0.3, -0.25) is 9.59 Å². The number of para-hydroxylation sites is 1. The van der Waals surface area contributed by atoms with E-state index in [-0.39, 0.29) is 12.3 Å². The Hall–Kier alpha value is -3.44. The number of carbonyl (C=O) groups is 3. The fraction of sp³-hybridized carbons (Fsp3) is 0.143. The van der Waals surface area contributed by atoms with Crippen LogP contribution in [0, 0.1) is 18.5 Å².